The van der Waals surface area contributed by atoms with Crippen LogP contribution in [0.3, 0.4) is 0 Å². The largest absolute Gasteiger partial charge is 0.497 e. The van der Waals surface area contributed by atoms with E-state index in [0.29, 0.717) is 25.4 Å². The maximum absolute atomic E-state index is 13.1. The summed E-state index contributed by atoms with van der Waals surface area (Å²) in [5.41, 5.74) is 2.90. The Morgan fingerprint density at radius 3 is 2.61 bits per heavy atom. The number of methoxy groups -OCH3 is 1. The molecule has 0 spiro atoms. The smallest absolute Gasteiger partial charge is 0.359 e. The van der Waals surface area contributed by atoms with Gasteiger partial charge in [0.15, 0.2) is 5.69 Å². The highest BCUT2D eigenvalue weighted by molar-refractivity contribution is 5.89. The van der Waals surface area contributed by atoms with Crippen molar-refractivity contribution in [1.29, 1.82) is 0 Å². The Balaban J connectivity index is 1.38. The summed E-state index contributed by atoms with van der Waals surface area (Å²) in [4.78, 5) is 13.1. The molecule has 0 radical (unpaired) electrons. The van der Waals surface area contributed by atoms with Crippen molar-refractivity contribution in [3.05, 3.63) is 66.4 Å². The highest BCUT2D eigenvalue weighted by Crippen LogP contribution is 2.30. The quantitative estimate of drug-likeness (QED) is 0.524. The molecule has 172 valence electrons. The zero-order valence-corrected chi connectivity index (χ0v) is 18.7. The average Bonchev–Trinajstić information content (AvgIpc) is 3.56. The number of carbonyl (C=O) groups excluding carboxylic acids is 1. The van der Waals surface area contributed by atoms with E-state index in [4.69, 9.17) is 18.9 Å². The summed E-state index contributed by atoms with van der Waals surface area (Å²) in [5.74, 6) is 0.740. The zero-order chi connectivity index (χ0) is 22.6. The molecule has 0 bridgehead atoms. The molecule has 7 nitrogen and oxygen atoms in total. The molecule has 1 aromatic heterocycles. The number of ether oxygens (including phenoxy) is 4. The number of hydrogen-bond donors (Lipinski definition) is 0. The van der Waals surface area contributed by atoms with Crippen LogP contribution < -0.4 is 4.74 Å². The molecule has 3 unspecified atom stereocenters. The minimum Gasteiger partial charge on any atom is -0.497 e. The second-order valence-corrected chi connectivity index (χ2v) is 8.48. The molecule has 7 heteroatoms. The minimum atomic E-state index is -0.409. The molecule has 0 amide bonds. The maximum Gasteiger partial charge on any atom is 0.359 e. The van der Waals surface area contributed by atoms with Crippen LogP contribution in [0, 0.1) is 5.92 Å². The van der Waals surface area contributed by atoms with Crippen LogP contribution in [0.1, 0.15) is 29.8 Å². The van der Waals surface area contributed by atoms with E-state index in [-0.39, 0.29) is 17.9 Å². The Hall–Kier alpha value is -3.16. The molecule has 3 heterocycles. The molecule has 33 heavy (non-hydrogen) atoms. The van der Waals surface area contributed by atoms with Gasteiger partial charge in [-0.25, -0.2) is 9.48 Å². The lowest BCUT2D eigenvalue weighted by Crippen LogP contribution is -2.37. The molecule has 2 aliphatic rings. The van der Waals surface area contributed by atoms with Gasteiger partial charge in [-0.3, -0.25) is 0 Å². The Morgan fingerprint density at radius 2 is 1.88 bits per heavy atom. The number of aromatic nitrogens is 2. The van der Waals surface area contributed by atoms with Crippen molar-refractivity contribution in [3.63, 3.8) is 0 Å². The molecule has 2 aromatic carbocycles. The molecule has 3 atom stereocenters. The predicted octanol–water partition coefficient (Wildman–Crippen LogP) is 4.29. The summed E-state index contributed by atoms with van der Waals surface area (Å²) in [6.45, 7) is 2.09. The Labute approximate surface area is 193 Å². The van der Waals surface area contributed by atoms with Gasteiger partial charge >= 0.3 is 5.97 Å². The summed E-state index contributed by atoms with van der Waals surface area (Å²) >= 11 is 0. The zero-order valence-electron chi connectivity index (χ0n) is 18.7. The standard InChI is InChI=1S/C26H28N2O5/c1-30-21-9-7-18(8-10-21)24-16-23(27-28(24)20-5-3-2-4-6-20)26(29)33-22-12-14-32-25(15-22)19-11-13-31-17-19/h2-10,16,19,22,25H,11-15,17H2,1H3. The summed E-state index contributed by atoms with van der Waals surface area (Å²) in [6.07, 6.45) is 2.29. The number of hydrogen-bond acceptors (Lipinski definition) is 6. The summed E-state index contributed by atoms with van der Waals surface area (Å²) in [6, 6.07) is 19.3. The van der Waals surface area contributed by atoms with E-state index >= 15 is 0 Å². The molecule has 3 aromatic rings. The highest BCUT2D eigenvalue weighted by Gasteiger charge is 2.34. The van der Waals surface area contributed by atoms with Crippen LogP contribution in [0.4, 0.5) is 0 Å². The molecule has 2 saturated heterocycles. The predicted molar refractivity (Wildman–Crippen MR) is 123 cm³/mol. The molecule has 2 aliphatic heterocycles. The van der Waals surface area contributed by atoms with E-state index in [2.05, 4.69) is 5.10 Å². The van der Waals surface area contributed by atoms with Crippen molar-refractivity contribution in [2.45, 2.75) is 31.5 Å². The number of nitrogens with zero attached hydrogens (tertiary/aromatic N) is 2. The van der Waals surface area contributed by atoms with Crippen LogP contribution in [0.15, 0.2) is 60.7 Å². The minimum absolute atomic E-state index is 0.0794. The fraction of sp³-hybridized carbons (Fsp3) is 0.385. The van der Waals surface area contributed by atoms with Crippen LogP contribution in [0.5, 0.6) is 5.75 Å². The lowest BCUT2D eigenvalue weighted by molar-refractivity contribution is -0.0769. The third-order valence-electron chi connectivity index (χ3n) is 6.34. The number of para-hydroxylation sites is 1. The Morgan fingerprint density at radius 1 is 1.06 bits per heavy atom. The first kappa shape index (κ1) is 21.7. The molecule has 0 N–H and O–H groups in total. The van der Waals surface area contributed by atoms with Gasteiger partial charge in [0.1, 0.15) is 11.9 Å². The highest BCUT2D eigenvalue weighted by atomic mass is 16.6. The van der Waals surface area contributed by atoms with Gasteiger partial charge in [0.05, 0.1) is 37.8 Å². The normalized spacial score (nSPS) is 22.8. The first-order valence-corrected chi connectivity index (χ1v) is 11.4. The first-order valence-electron chi connectivity index (χ1n) is 11.4. The van der Waals surface area contributed by atoms with Gasteiger partial charge in [-0.2, -0.15) is 5.10 Å². The van der Waals surface area contributed by atoms with E-state index in [0.717, 1.165) is 42.3 Å². The van der Waals surface area contributed by atoms with E-state index in [1.165, 1.54) is 0 Å². The number of benzene rings is 2. The van der Waals surface area contributed by atoms with Gasteiger partial charge in [0.2, 0.25) is 0 Å². The number of rotatable bonds is 6. The van der Waals surface area contributed by atoms with Gasteiger partial charge in [-0.1, -0.05) is 18.2 Å². The Kier molecular flexibility index (Phi) is 6.41. The molecule has 0 aliphatic carbocycles. The Bertz CT molecular complexity index is 1070. The van der Waals surface area contributed by atoms with Gasteiger partial charge in [-0.15, -0.1) is 0 Å². The average molecular weight is 449 g/mol. The first-order chi connectivity index (χ1) is 16.2. The van der Waals surface area contributed by atoms with E-state index < -0.39 is 5.97 Å². The molecular formula is C26H28N2O5. The van der Waals surface area contributed by atoms with Crippen molar-refractivity contribution >= 4 is 5.97 Å². The van der Waals surface area contributed by atoms with E-state index in [1.54, 1.807) is 17.9 Å². The van der Waals surface area contributed by atoms with Crippen LogP contribution in [0.25, 0.3) is 16.9 Å². The van der Waals surface area contributed by atoms with E-state index in [1.807, 2.05) is 54.6 Å². The fourth-order valence-corrected chi connectivity index (χ4v) is 4.50. The third kappa shape index (κ3) is 4.79. The second-order valence-electron chi connectivity index (χ2n) is 8.48. The van der Waals surface area contributed by atoms with Crippen LogP contribution in [-0.4, -0.2) is 54.9 Å². The second kappa shape index (κ2) is 9.77. The van der Waals surface area contributed by atoms with E-state index in [9.17, 15) is 4.79 Å². The van der Waals surface area contributed by atoms with Crippen molar-refractivity contribution < 1.29 is 23.7 Å². The lowest BCUT2D eigenvalue weighted by Gasteiger charge is -2.32. The SMILES string of the molecule is COc1ccc(-c2cc(C(=O)OC3CCOC(C4CCOC4)C3)nn2-c2ccccc2)cc1. The topological polar surface area (TPSA) is 71.8 Å². The van der Waals surface area contributed by atoms with Gasteiger partial charge in [-0.05, 0) is 48.9 Å². The van der Waals surface area contributed by atoms with Crippen LogP contribution >= 0.6 is 0 Å². The van der Waals surface area contributed by atoms with Crippen molar-refractivity contribution in [2.24, 2.45) is 5.92 Å². The van der Waals surface area contributed by atoms with Crippen molar-refractivity contribution in [2.75, 3.05) is 26.9 Å². The molecule has 5 rings (SSSR count). The lowest BCUT2D eigenvalue weighted by atomic mass is 9.93. The van der Waals surface area contributed by atoms with Crippen LogP contribution in [-0.2, 0) is 14.2 Å². The summed E-state index contributed by atoms with van der Waals surface area (Å²) in [7, 11) is 1.64. The fourth-order valence-electron chi connectivity index (χ4n) is 4.50. The molecule has 2 fully saturated rings. The van der Waals surface area contributed by atoms with Crippen LogP contribution in [0.2, 0.25) is 0 Å². The molecular weight excluding hydrogens is 420 g/mol. The summed E-state index contributed by atoms with van der Waals surface area (Å²) < 4.78 is 24.4. The monoisotopic (exact) mass is 448 g/mol. The van der Waals surface area contributed by atoms with Crippen molar-refractivity contribution in [3.8, 4) is 22.7 Å². The van der Waals surface area contributed by atoms with Gasteiger partial charge < -0.3 is 18.9 Å². The third-order valence-corrected chi connectivity index (χ3v) is 6.34. The number of esters is 1. The number of carbonyl (C=O) groups is 1. The maximum atomic E-state index is 13.1. The molecule has 0 saturated carbocycles. The van der Waals surface area contributed by atoms with Gasteiger partial charge in [0, 0.05) is 30.9 Å². The summed E-state index contributed by atoms with van der Waals surface area (Å²) in [5, 5.41) is 4.62. The van der Waals surface area contributed by atoms with Gasteiger partial charge in [0.25, 0.3) is 0 Å². The van der Waals surface area contributed by atoms with Crippen molar-refractivity contribution in [1.82, 2.24) is 9.78 Å².